The Balaban J connectivity index is 1.99. The van der Waals surface area contributed by atoms with E-state index in [2.05, 4.69) is 9.97 Å². The van der Waals surface area contributed by atoms with Crippen LogP contribution in [0.1, 0.15) is 36.4 Å². The van der Waals surface area contributed by atoms with Crippen molar-refractivity contribution >= 4 is 11.5 Å². The smallest absolute Gasteiger partial charge is 0.142 e. The van der Waals surface area contributed by atoms with E-state index in [4.69, 9.17) is 17.2 Å². The van der Waals surface area contributed by atoms with Gasteiger partial charge in [0, 0.05) is 23.5 Å². The summed E-state index contributed by atoms with van der Waals surface area (Å²) in [7, 11) is 0. The first-order valence-corrected chi connectivity index (χ1v) is 7.95. The molecule has 2 aromatic rings. The summed E-state index contributed by atoms with van der Waals surface area (Å²) in [4.78, 5) is 8.32. The normalized spacial score (nSPS) is 18.5. The van der Waals surface area contributed by atoms with E-state index in [1.807, 2.05) is 0 Å². The SMILES string of the molecule is NC1=C(/C=C(\N)c2c(F)cccc2F)CCCC1c1cncc(N)n1. The largest absolute Gasteiger partial charge is 0.401 e. The lowest BCUT2D eigenvalue weighted by Gasteiger charge is -2.24. The van der Waals surface area contributed by atoms with E-state index in [0.29, 0.717) is 23.6 Å². The minimum Gasteiger partial charge on any atom is -0.401 e. The maximum Gasteiger partial charge on any atom is 0.142 e. The Morgan fingerprint density at radius 2 is 1.88 bits per heavy atom. The van der Waals surface area contributed by atoms with E-state index in [1.165, 1.54) is 24.4 Å². The van der Waals surface area contributed by atoms with Crippen LogP contribution in [0.2, 0.25) is 0 Å². The van der Waals surface area contributed by atoms with Crippen molar-refractivity contribution in [3.05, 3.63) is 70.8 Å². The van der Waals surface area contributed by atoms with Crippen molar-refractivity contribution in [1.82, 2.24) is 9.97 Å². The fourth-order valence-electron chi connectivity index (χ4n) is 3.08. The van der Waals surface area contributed by atoms with Gasteiger partial charge in [0.1, 0.15) is 17.5 Å². The highest BCUT2D eigenvalue weighted by atomic mass is 19.1. The van der Waals surface area contributed by atoms with Gasteiger partial charge in [-0.05, 0) is 43.0 Å². The second-order valence-electron chi connectivity index (χ2n) is 5.99. The van der Waals surface area contributed by atoms with Gasteiger partial charge in [-0.2, -0.15) is 0 Å². The highest BCUT2D eigenvalue weighted by Gasteiger charge is 2.24. The molecule has 1 aromatic carbocycles. The maximum absolute atomic E-state index is 13.9. The molecule has 130 valence electrons. The van der Waals surface area contributed by atoms with Gasteiger partial charge in [-0.25, -0.2) is 13.8 Å². The van der Waals surface area contributed by atoms with Gasteiger partial charge in [-0.1, -0.05) is 6.07 Å². The van der Waals surface area contributed by atoms with Crippen LogP contribution in [-0.2, 0) is 0 Å². The Hall–Kier alpha value is -2.96. The summed E-state index contributed by atoms with van der Waals surface area (Å²) >= 11 is 0. The lowest BCUT2D eigenvalue weighted by Crippen LogP contribution is -2.19. The average molecular weight is 343 g/mol. The van der Waals surface area contributed by atoms with Crippen molar-refractivity contribution < 1.29 is 8.78 Å². The van der Waals surface area contributed by atoms with Gasteiger partial charge in [0.15, 0.2) is 0 Å². The molecule has 5 nitrogen and oxygen atoms in total. The van der Waals surface area contributed by atoms with Crippen LogP contribution in [0.3, 0.4) is 0 Å². The molecule has 0 radical (unpaired) electrons. The third kappa shape index (κ3) is 3.45. The van der Waals surface area contributed by atoms with Gasteiger partial charge in [-0.15, -0.1) is 0 Å². The minimum absolute atomic E-state index is 0.00728. The lowest BCUT2D eigenvalue weighted by molar-refractivity contribution is 0.576. The second-order valence-corrected chi connectivity index (χ2v) is 5.99. The van der Waals surface area contributed by atoms with Crippen molar-refractivity contribution in [2.75, 3.05) is 5.73 Å². The molecule has 0 fully saturated rings. The molecular weight excluding hydrogens is 324 g/mol. The molecule has 0 saturated carbocycles. The second kappa shape index (κ2) is 6.88. The number of allylic oxidation sites excluding steroid dienone is 3. The zero-order valence-corrected chi connectivity index (χ0v) is 13.5. The highest BCUT2D eigenvalue weighted by molar-refractivity contribution is 5.67. The van der Waals surface area contributed by atoms with E-state index in [-0.39, 0.29) is 17.2 Å². The van der Waals surface area contributed by atoms with E-state index in [0.717, 1.165) is 18.4 Å². The molecule has 0 amide bonds. The first-order chi connectivity index (χ1) is 12.0. The minimum atomic E-state index is -0.706. The zero-order valence-electron chi connectivity index (χ0n) is 13.5. The topological polar surface area (TPSA) is 104 Å². The number of aromatic nitrogens is 2. The van der Waals surface area contributed by atoms with Crippen molar-refractivity contribution in [2.24, 2.45) is 11.5 Å². The molecule has 0 aliphatic heterocycles. The molecule has 1 aliphatic carbocycles. The summed E-state index contributed by atoms with van der Waals surface area (Å²) in [6.45, 7) is 0. The zero-order chi connectivity index (χ0) is 18.0. The molecule has 6 N–H and O–H groups in total. The third-order valence-corrected chi connectivity index (χ3v) is 4.30. The number of hydrogen-bond acceptors (Lipinski definition) is 5. The third-order valence-electron chi connectivity index (χ3n) is 4.30. The summed E-state index contributed by atoms with van der Waals surface area (Å²) in [6.07, 6.45) is 6.96. The van der Waals surface area contributed by atoms with Crippen LogP contribution in [0.25, 0.3) is 5.70 Å². The van der Waals surface area contributed by atoms with Gasteiger partial charge >= 0.3 is 0 Å². The Bertz CT molecular complexity index is 840. The fourth-order valence-corrected chi connectivity index (χ4v) is 3.08. The van der Waals surface area contributed by atoms with Gasteiger partial charge < -0.3 is 17.2 Å². The standard InChI is InChI=1S/C18H19F2N5/c19-12-5-2-6-13(20)17(12)14(21)7-10-3-1-4-11(18(10)23)15-8-24-9-16(22)25-15/h2,5-9,11H,1,3-4,21,23H2,(H2,22,25)/b14-7-. The van der Waals surface area contributed by atoms with Gasteiger partial charge in [0.05, 0.1) is 17.5 Å². The predicted octanol–water partition coefficient (Wildman–Crippen LogP) is 2.82. The van der Waals surface area contributed by atoms with Crippen LogP contribution >= 0.6 is 0 Å². The predicted molar refractivity (Wildman–Crippen MR) is 92.8 cm³/mol. The Kier molecular flexibility index (Phi) is 4.65. The first-order valence-electron chi connectivity index (χ1n) is 7.95. The summed E-state index contributed by atoms with van der Waals surface area (Å²) < 4.78 is 27.8. The first kappa shape index (κ1) is 16.9. The molecule has 7 heteroatoms. The number of nitrogens with two attached hydrogens (primary N) is 3. The Labute approximate surface area is 144 Å². The van der Waals surface area contributed by atoms with Crippen molar-refractivity contribution in [3.63, 3.8) is 0 Å². The summed E-state index contributed by atoms with van der Waals surface area (Å²) in [5.74, 6) is -1.24. The van der Waals surface area contributed by atoms with Crippen LogP contribution < -0.4 is 17.2 Å². The molecule has 25 heavy (non-hydrogen) atoms. The number of rotatable bonds is 3. The Morgan fingerprint density at radius 1 is 1.16 bits per heavy atom. The molecule has 1 aromatic heterocycles. The van der Waals surface area contributed by atoms with Crippen LogP contribution in [0.4, 0.5) is 14.6 Å². The van der Waals surface area contributed by atoms with Crippen LogP contribution in [0.15, 0.2) is 47.9 Å². The summed E-state index contributed by atoms with van der Waals surface area (Å²) in [5, 5.41) is 0. The molecule has 3 rings (SSSR count). The number of anilines is 1. The molecule has 0 bridgehead atoms. The monoisotopic (exact) mass is 343 g/mol. The highest BCUT2D eigenvalue weighted by Crippen LogP contribution is 2.35. The molecular formula is C18H19F2N5. The number of hydrogen-bond donors (Lipinski definition) is 3. The maximum atomic E-state index is 13.9. The van der Waals surface area contributed by atoms with Crippen molar-refractivity contribution in [2.45, 2.75) is 25.2 Å². The molecule has 0 spiro atoms. The number of benzene rings is 1. The Morgan fingerprint density at radius 3 is 2.56 bits per heavy atom. The average Bonchev–Trinajstić information content (AvgIpc) is 2.56. The lowest BCUT2D eigenvalue weighted by atomic mass is 9.84. The van der Waals surface area contributed by atoms with E-state index in [1.54, 1.807) is 12.3 Å². The van der Waals surface area contributed by atoms with Crippen LogP contribution in [0, 0.1) is 11.6 Å². The molecule has 1 aliphatic rings. The number of nitrogens with zero attached hydrogens (tertiary/aromatic N) is 2. The van der Waals surface area contributed by atoms with Gasteiger partial charge in [-0.3, -0.25) is 4.98 Å². The number of halogens is 2. The summed E-state index contributed by atoms with van der Waals surface area (Å²) in [5.41, 5.74) is 19.7. The van der Waals surface area contributed by atoms with Crippen molar-refractivity contribution in [3.8, 4) is 0 Å². The summed E-state index contributed by atoms with van der Waals surface area (Å²) in [6, 6.07) is 3.63. The van der Waals surface area contributed by atoms with Crippen LogP contribution in [-0.4, -0.2) is 9.97 Å². The molecule has 1 heterocycles. The fraction of sp³-hybridized carbons (Fsp3) is 0.222. The molecule has 1 atom stereocenters. The van der Waals surface area contributed by atoms with Gasteiger partial charge in [0.2, 0.25) is 0 Å². The van der Waals surface area contributed by atoms with Crippen molar-refractivity contribution in [1.29, 1.82) is 0 Å². The van der Waals surface area contributed by atoms with E-state index < -0.39 is 11.6 Å². The van der Waals surface area contributed by atoms with E-state index >= 15 is 0 Å². The van der Waals surface area contributed by atoms with E-state index in [9.17, 15) is 8.78 Å². The number of nitrogen functional groups attached to an aromatic ring is 1. The van der Waals surface area contributed by atoms with Crippen LogP contribution in [0.5, 0.6) is 0 Å². The molecule has 0 saturated heterocycles. The quantitative estimate of drug-likeness (QED) is 0.795. The molecule has 1 unspecified atom stereocenters. The van der Waals surface area contributed by atoms with Gasteiger partial charge in [0.25, 0.3) is 0 Å².